The van der Waals surface area contributed by atoms with Crippen molar-refractivity contribution in [2.75, 3.05) is 19.9 Å². The predicted octanol–water partition coefficient (Wildman–Crippen LogP) is 3.21. The number of nitrogens with one attached hydrogen (secondary N) is 1. The third kappa shape index (κ3) is 2.98. The van der Waals surface area contributed by atoms with E-state index in [1.54, 1.807) is 19.2 Å². The molecule has 100 valence electrons. The lowest BCUT2D eigenvalue weighted by Gasteiger charge is -2.40. The molecule has 0 radical (unpaired) electrons. The average Bonchev–Trinajstić information content (AvgIpc) is 2.34. The van der Waals surface area contributed by atoms with Crippen LogP contribution in [0.1, 0.15) is 24.8 Å². The van der Waals surface area contributed by atoms with Gasteiger partial charge >= 0.3 is 0 Å². The first-order chi connectivity index (χ1) is 8.69. The highest BCUT2D eigenvalue weighted by Gasteiger charge is 2.35. The summed E-state index contributed by atoms with van der Waals surface area (Å²) in [5, 5.41) is 3.37. The Morgan fingerprint density at radius 3 is 2.72 bits per heavy atom. The van der Waals surface area contributed by atoms with Gasteiger partial charge in [0.15, 0.2) is 0 Å². The summed E-state index contributed by atoms with van der Waals surface area (Å²) >= 11 is 1.93. The third-order valence-corrected chi connectivity index (χ3v) is 5.14. The molecular weight excluding hydrogens is 249 g/mol. The number of thioether (sulfide) groups is 1. The van der Waals surface area contributed by atoms with Crippen LogP contribution in [0.15, 0.2) is 18.2 Å². The molecule has 1 aromatic rings. The first-order valence-corrected chi connectivity index (χ1v) is 7.50. The average molecular weight is 269 g/mol. The van der Waals surface area contributed by atoms with E-state index in [-0.39, 0.29) is 5.82 Å². The Morgan fingerprint density at radius 2 is 2.22 bits per heavy atom. The van der Waals surface area contributed by atoms with Crippen molar-refractivity contribution in [2.24, 2.45) is 0 Å². The Morgan fingerprint density at radius 1 is 1.44 bits per heavy atom. The first kappa shape index (κ1) is 13.7. The fourth-order valence-corrected chi connectivity index (χ4v) is 3.19. The van der Waals surface area contributed by atoms with Gasteiger partial charge in [0.1, 0.15) is 11.6 Å². The molecular formula is C14H20FNOS. The topological polar surface area (TPSA) is 21.3 Å². The van der Waals surface area contributed by atoms with Gasteiger partial charge in [0, 0.05) is 29.5 Å². The minimum Gasteiger partial charge on any atom is -0.497 e. The fraction of sp³-hybridized carbons (Fsp3) is 0.571. The van der Waals surface area contributed by atoms with Gasteiger partial charge in [-0.3, -0.25) is 0 Å². The molecule has 1 N–H and O–H groups in total. The summed E-state index contributed by atoms with van der Waals surface area (Å²) in [6.07, 6.45) is 6.02. The van der Waals surface area contributed by atoms with Crippen LogP contribution in [0.5, 0.6) is 5.75 Å². The van der Waals surface area contributed by atoms with Crippen molar-refractivity contribution in [1.29, 1.82) is 0 Å². The second-order valence-electron chi connectivity index (χ2n) is 4.80. The molecule has 1 fully saturated rings. The van der Waals surface area contributed by atoms with E-state index in [4.69, 9.17) is 4.74 Å². The number of rotatable bonds is 6. The van der Waals surface area contributed by atoms with E-state index < -0.39 is 0 Å². The molecule has 1 aromatic carbocycles. The summed E-state index contributed by atoms with van der Waals surface area (Å²) in [5.41, 5.74) is 0.700. The van der Waals surface area contributed by atoms with Gasteiger partial charge in [0.2, 0.25) is 0 Å². The summed E-state index contributed by atoms with van der Waals surface area (Å²) in [6, 6.07) is 5.02. The normalized spacial score (nSPS) is 17.3. The molecule has 1 aliphatic carbocycles. The Balaban J connectivity index is 1.86. The second kappa shape index (κ2) is 5.93. The maximum absolute atomic E-state index is 13.7. The lowest BCUT2D eigenvalue weighted by Crippen LogP contribution is -2.43. The third-order valence-electron chi connectivity index (χ3n) is 3.72. The quantitative estimate of drug-likeness (QED) is 0.857. The zero-order chi connectivity index (χ0) is 13.0. The van der Waals surface area contributed by atoms with Crippen molar-refractivity contribution >= 4 is 11.8 Å². The number of ether oxygens (including phenoxy) is 1. The van der Waals surface area contributed by atoms with Crippen LogP contribution in [0.2, 0.25) is 0 Å². The molecule has 4 heteroatoms. The Hall–Kier alpha value is -0.740. The minimum absolute atomic E-state index is 0.200. The zero-order valence-corrected chi connectivity index (χ0v) is 11.8. The molecule has 2 nitrogen and oxygen atoms in total. The minimum atomic E-state index is -0.200. The number of halogens is 1. The van der Waals surface area contributed by atoms with Crippen LogP contribution in [0.3, 0.4) is 0 Å². The van der Waals surface area contributed by atoms with E-state index in [9.17, 15) is 4.39 Å². The van der Waals surface area contributed by atoms with E-state index in [1.165, 1.54) is 25.3 Å². The second-order valence-corrected chi connectivity index (χ2v) is 6.08. The first-order valence-electron chi connectivity index (χ1n) is 6.27. The van der Waals surface area contributed by atoms with E-state index in [2.05, 4.69) is 11.6 Å². The number of benzene rings is 1. The van der Waals surface area contributed by atoms with Crippen LogP contribution in [0.4, 0.5) is 4.39 Å². The van der Waals surface area contributed by atoms with Crippen molar-refractivity contribution in [3.63, 3.8) is 0 Å². The molecule has 0 aliphatic heterocycles. The smallest absolute Gasteiger partial charge is 0.131 e. The fourth-order valence-electron chi connectivity index (χ4n) is 2.25. The van der Waals surface area contributed by atoms with E-state index in [0.717, 1.165) is 6.54 Å². The highest BCUT2D eigenvalue weighted by atomic mass is 32.2. The van der Waals surface area contributed by atoms with E-state index in [1.807, 2.05) is 11.8 Å². The molecule has 0 unspecified atom stereocenters. The van der Waals surface area contributed by atoms with Gasteiger partial charge in [0.25, 0.3) is 0 Å². The van der Waals surface area contributed by atoms with Crippen LogP contribution in [-0.4, -0.2) is 24.7 Å². The van der Waals surface area contributed by atoms with Gasteiger partial charge in [-0.05, 0) is 25.2 Å². The molecule has 0 saturated heterocycles. The molecule has 1 saturated carbocycles. The maximum Gasteiger partial charge on any atom is 0.131 e. The van der Waals surface area contributed by atoms with E-state index in [0.29, 0.717) is 22.6 Å². The van der Waals surface area contributed by atoms with Crippen LogP contribution >= 0.6 is 11.8 Å². The van der Waals surface area contributed by atoms with E-state index >= 15 is 0 Å². The number of hydrogen-bond acceptors (Lipinski definition) is 3. The SMILES string of the molecule is COc1ccc(CNCC2(SC)CCC2)c(F)c1. The van der Waals surface area contributed by atoms with Crippen LogP contribution < -0.4 is 10.1 Å². The van der Waals surface area contributed by atoms with Gasteiger partial charge in [-0.1, -0.05) is 12.5 Å². The van der Waals surface area contributed by atoms with Gasteiger partial charge in [-0.25, -0.2) is 4.39 Å². The summed E-state index contributed by atoms with van der Waals surface area (Å²) < 4.78 is 19.1. The molecule has 0 bridgehead atoms. The monoisotopic (exact) mass is 269 g/mol. The largest absolute Gasteiger partial charge is 0.497 e. The lowest BCUT2D eigenvalue weighted by atomic mass is 9.84. The van der Waals surface area contributed by atoms with Crippen molar-refractivity contribution in [3.8, 4) is 5.75 Å². The molecule has 0 aromatic heterocycles. The molecule has 0 amide bonds. The van der Waals surface area contributed by atoms with Crippen molar-refractivity contribution in [1.82, 2.24) is 5.32 Å². The van der Waals surface area contributed by atoms with Crippen LogP contribution in [0.25, 0.3) is 0 Å². The highest BCUT2D eigenvalue weighted by Crippen LogP contribution is 2.42. The Kier molecular flexibility index (Phi) is 4.51. The number of hydrogen-bond donors (Lipinski definition) is 1. The van der Waals surface area contributed by atoms with Crippen LogP contribution in [0, 0.1) is 5.82 Å². The zero-order valence-electron chi connectivity index (χ0n) is 11.0. The molecule has 0 heterocycles. The van der Waals surface area contributed by atoms with Crippen LogP contribution in [-0.2, 0) is 6.54 Å². The molecule has 1 aliphatic rings. The Labute approximate surface area is 112 Å². The van der Waals surface area contributed by atoms with Gasteiger partial charge in [-0.15, -0.1) is 0 Å². The summed E-state index contributed by atoms with van der Waals surface area (Å²) in [5.74, 6) is 0.365. The highest BCUT2D eigenvalue weighted by molar-refractivity contribution is 8.00. The van der Waals surface area contributed by atoms with Crippen molar-refractivity contribution in [3.05, 3.63) is 29.6 Å². The maximum atomic E-state index is 13.7. The standard InChI is InChI=1S/C14H20FNOS/c1-17-12-5-4-11(13(15)8-12)9-16-10-14(18-2)6-3-7-14/h4-5,8,16H,3,6-7,9-10H2,1-2H3. The lowest BCUT2D eigenvalue weighted by molar-refractivity contribution is 0.344. The summed E-state index contributed by atoms with van der Waals surface area (Å²) in [6.45, 7) is 1.54. The molecule has 18 heavy (non-hydrogen) atoms. The Bertz CT molecular complexity index is 401. The van der Waals surface area contributed by atoms with Gasteiger partial charge in [0.05, 0.1) is 7.11 Å². The summed E-state index contributed by atoms with van der Waals surface area (Å²) in [7, 11) is 1.55. The summed E-state index contributed by atoms with van der Waals surface area (Å²) in [4.78, 5) is 0. The van der Waals surface area contributed by atoms with Crippen molar-refractivity contribution in [2.45, 2.75) is 30.6 Å². The van der Waals surface area contributed by atoms with Gasteiger partial charge in [-0.2, -0.15) is 11.8 Å². The predicted molar refractivity (Wildman–Crippen MR) is 74.8 cm³/mol. The molecule has 0 spiro atoms. The molecule has 2 rings (SSSR count). The van der Waals surface area contributed by atoms with Gasteiger partial charge < -0.3 is 10.1 Å². The van der Waals surface area contributed by atoms with Crippen molar-refractivity contribution < 1.29 is 9.13 Å². The molecule has 0 atom stereocenters. The number of methoxy groups -OCH3 is 1.